The van der Waals surface area contributed by atoms with Crippen molar-refractivity contribution in [1.82, 2.24) is 10.2 Å². The molecule has 1 aromatic carbocycles. The fraction of sp³-hybridized carbons (Fsp3) is 0.556. The van der Waals surface area contributed by atoms with E-state index in [2.05, 4.69) is 10.3 Å². The Bertz CT molecular complexity index is 629. The molecule has 1 fully saturated rings. The van der Waals surface area contributed by atoms with Gasteiger partial charge in [0.2, 0.25) is 0 Å². The molecule has 1 aliphatic heterocycles. The maximum absolute atomic E-state index is 13.6. The molecule has 8 heteroatoms. The Morgan fingerprint density at radius 2 is 2.12 bits per heavy atom. The topological polar surface area (TPSA) is 63.2 Å². The Morgan fingerprint density at radius 3 is 2.73 bits per heavy atom. The predicted molar refractivity (Wildman–Crippen MR) is 110 cm³/mol. The number of hydrogen-bond donors (Lipinski definition) is 1. The number of likely N-dealkylation sites (tertiary alicyclic amines) is 1. The van der Waals surface area contributed by atoms with Crippen LogP contribution < -0.4 is 10.1 Å². The number of ether oxygens (including phenoxy) is 2. The summed E-state index contributed by atoms with van der Waals surface area (Å²) in [6, 6.07) is 6.33. The van der Waals surface area contributed by atoms with Gasteiger partial charge in [-0.05, 0) is 25.0 Å². The number of aliphatic imine (C=N–C) groups is 1. The number of carbonyl (C=O) groups is 1. The standard InChI is InChI=1S/C18H26FN3O3.HI/c1-12-10-22(11-14(12)17(23)24-4)18(20-3)21-9-13(2)25-16-8-6-5-7-15(16)19;/h5-8,12-14H,9-11H2,1-4H3,(H,20,21);1H. The van der Waals surface area contributed by atoms with Gasteiger partial charge in [0.15, 0.2) is 17.5 Å². The first-order valence-corrected chi connectivity index (χ1v) is 8.40. The van der Waals surface area contributed by atoms with Crippen LogP contribution in [-0.4, -0.2) is 56.7 Å². The minimum atomic E-state index is -0.381. The van der Waals surface area contributed by atoms with Gasteiger partial charge in [-0.3, -0.25) is 9.79 Å². The largest absolute Gasteiger partial charge is 0.486 e. The highest BCUT2D eigenvalue weighted by atomic mass is 127. The first kappa shape index (κ1) is 22.5. The average Bonchev–Trinajstić information content (AvgIpc) is 2.98. The number of methoxy groups -OCH3 is 1. The van der Waals surface area contributed by atoms with Crippen molar-refractivity contribution >= 4 is 35.9 Å². The van der Waals surface area contributed by atoms with Gasteiger partial charge in [-0.2, -0.15) is 0 Å². The summed E-state index contributed by atoms with van der Waals surface area (Å²) in [4.78, 5) is 18.1. The molecular formula is C18H27FIN3O3. The van der Waals surface area contributed by atoms with Crippen molar-refractivity contribution in [3.05, 3.63) is 30.1 Å². The van der Waals surface area contributed by atoms with E-state index in [0.29, 0.717) is 19.0 Å². The smallest absolute Gasteiger partial charge is 0.310 e. The number of esters is 1. The molecule has 6 nitrogen and oxygen atoms in total. The Kier molecular flexibility index (Phi) is 9.11. The van der Waals surface area contributed by atoms with Crippen molar-refractivity contribution in [2.75, 3.05) is 33.8 Å². The molecule has 1 saturated heterocycles. The minimum Gasteiger partial charge on any atom is -0.486 e. The van der Waals surface area contributed by atoms with Gasteiger partial charge in [-0.25, -0.2) is 4.39 Å². The third-order valence-corrected chi connectivity index (χ3v) is 4.34. The molecule has 26 heavy (non-hydrogen) atoms. The van der Waals surface area contributed by atoms with Crippen molar-refractivity contribution in [1.29, 1.82) is 0 Å². The van der Waals surface area contributed by atoms with Crippen LogP contribution in [0.3, 0.4) is 0 Å². The fourth-order valence-corrected chi connectivity index (χ4v) is 2.96. The van der Waals surface area contributed by atoms with Crippen molar-refractivity contribution in [2.45, 2.75) is 20.0 Å². The maximum atomic E-state index is 13.6. The van der Waals surface area contributed by atoms with E-state index < -0.39 is 0 Å². The molecule has 1 N–H and O–H groups in total. The van der Waals surface area contributed by atoms with E-state index in [1.165, 1.54) is 13.2 Å². The number of rotatable bonds is 5. The lowest BCUT2D eigenvalue weighted by molar-refractivity contribution is -0.145. The molecule has 2 rings (SSSR count). The quantitative estimate of drug-likeness (QED) is 0.305. The maximum Gasteiger partial charge on any atom is 0.310 e. The van der Waals surface area contributed by atoms with Gasteiger partial charge >= 0.3 is 5.97 Å². The number of benzene rings is 1. The summed E-state index contributed by atoms with van der Waals surface area (Å²) in [6.07, 6.45) is -0.245. The summed E-state index contributed by atoms with van der Waals surface area (Å²) in [6.45, 7) is 5.64. The van der Waals surface area contributed by atoms with Crippen LogP contribution in [0.25, 0.3) is 0 Å². The Morgan fingerprint density at radius 1 is 1.42 bits per heavy atom. The SMILES string of the molecule is CN=C(NCC(C)Oc1ccccc1F)N1CC(C)C(C(=O)OC)C1.I. The summed E-state index contributed by atoms with van der Waals surface area (Å²) >= 11 is 0. The fourth-order valence-electron chi connectivity index (χ4n) is 2.96. The number of guanidine groups is 1. The second-order valence-corrected chi connectivity index (χ2v) is 6.30. The molecule has 0 saturated carbocycles. The number of carbonyl (C=O) groups excluding carboxylic acids is 1. The lowest BCUT2D eigenvalue weighted by atomic mass is 9.99. The van der Waals surface area contributed by atoms with E-state index in [1.807, 2.05) is 18.7 Å². The van der Waals surface area contributed by atoms with Gasteiger partial charge in [0.1, 0.15) is 6.10 Å². The van der Waals surface area contributed by atoms with E-state index in [-0.39, 0.29) is 59.5 Å². The molecule has 0 radical (unpaired) electrons. The molecule has 1 aromatic rings. The molecular weight excluding hydrogens is 452 g/mol. The molecule has 0 amide bonds. The van der Waals surface area contributed by atoms with E-state index in [4.69, 9.17) is 9.47 Å². The van der Waals surface area contributed by atoms with Gasteiger partial charge in [0.05, 0.1) is 19.6 Å². The van der Waals surface area contributed by atoms with Gasteiger partial charge < -0.3 is 19.7 Å². The van der Waals surface area contributed by atoms with Crippen LogP contribution in [0.15, 0.2) is 29.3 Å². The van der Waals surface area contributed by atoms with Crippen molar-refractivity contribution < 1.29 is 18.7 Å². The lowest BCUT2D eigenvalue weighted by Gasteiger charge is -2.23. The average molecular weight is 479 g/mol. The Hall–Kier alpha value is -1.58. The Balaban J connectivity index is 0.00000338. The molecule has 1 aliphatic rings. The highest BCUT2D eigenvalue weighted by Crippen LogP contribution is 2.24. The van der Waals surface area contributed by atoms with Crippen molar-refractivity contribution in [3.63, 3.8) is 0 Å². The number of nitrogens with one attached hydrogen (secondary N) is 1. The van der Waals surface area contributed by atoms with Crippen LogP contribution in [0.2, 0.25) is 0 Å². The molecule has 3 atom stereocenters. The number of hydrogen-bond acceptors (Lipinski definition) is 4. The minimum absolute atomic E-state index is 0. The van der Waals surface area contributed by atoms with Crippen molar-refractivity contribution in [2.24, 2.45) is 16.8 Å². The van der Waals surface area contributed by atoms with Gasteiger partial charge in [0, 0.05) is 20.1 Å². The van der Waals surface area contributed by atoms with Gasteiger partial charge in [0.25, 0.3) is 0 Å². The van der Waals surface area contributed by atoms with E-state index in [1.54, 1.807) is 25.2 Å². The second-order valence-electron chi connectivity index (χ2n) is 6.30. The van der Waals surface area contributed by atoms with Crippen LogP contribution in [0.5, 0.6) is 5.75 Å². The van der Waals surface area contributed by atoms with Gasteiger partial charge in [-0.1, -0.05) is 19.1 Å². The number of nitrogens with zero attached hydrogens (tertiary/aromatic N) is 2. The summed E-state index contributed by atoms with van der Waals surface area (Å²) in [7, 11) is 3.10. The Labute approximate surface area is 171 Å². The third-order valence-electron chi connectivity index (χ3n) is 4.34. The van der Waals surface area contributed by atoms with E-state index in [0.717, 1.165) is 6.54 Å². The predicted octanol–water partition coefficient (Wildman–Crippen LogP) is 2.53. The first-order chi connectivity index (χ1) is 12.0. The zero-order chi connectivity index (χ0) is 18.4. The normalized spacial score (nSPS) is 21.0. The van der Waals surface area contributed by atoms with Gasteiger partial charge in [-0.15, -0.1) is 24.0 Å². The molecule has 0 aromatic heterocycles. The molecule has 146 valence electrons. The van der Waals surface area contributed by atoms with Crippen LogP contribution in [0, 0.1) is 17.7 Å². The van der Waals surface area contributed by atoms with Crippen LogP contribution in [0.1, 0.15) is 13.8 Å². The highest BCUT2D eigenvalue weighted by Gasteiger charge is 2.36. The third kappa shape index (κ3) is 5.72. The monoisotopic (exact) mass is 479 g/mol. The molecule has 0 bridgehead atoms. The summed E-state index contributed by atoms with van der Waals surface area (Å²) in [5, 5.41) is 3.23. The zero-order valence-electron chi connectivity index (χ0n) is 15.6. The molecule has 0 spiro atoms. The summed E-state index contributed by atoms with van der Waals surface area (Å²) < 4.78 is 24.1. The van der Waals surface area contributed by atoms with E-state index in [9.17, 15) is 9.18 Å². The second kappa shape index (κ2) is 10.5. The molecule has 3 unspecified atom stereocenters. The van der Waals surface area contributed by atoms with Crippen LogP contribution >= 0.6 is 24.0 Å². The number of halogens is 2. The summed E-state index contributed by atoms with van der Waals surface area (Å²) in [5.41, 5.74) is 0. The van der Waals surface area contributed by atoms with Crippen LogP contribution in [-0.2, 0) is 9.53 Å². The summed E-state index contributed by atoms with van der Waals surface area (Å²) in [5.74, 6) is 0.387. The zero-order valence-corrected chi connectivity index (χ0v) is 17.9. The highest BCUT2D eigenvalue weighted by molar-refractivity contribution is 14.0. The number of para-hydroxylation sites is 1. The lowest BCUT2D eigenvalue weighted by Crippen LogP contribution is -2.44. The van der Waals surface area contributed by atoms with Crippen LogP contribution in [0.4, 0.5) is 4.39 Å². The first-order valence-electron chi connectivity index (χ1n) is 8.40. The van der Waals surface area contributed by atoms with E-state index >= 15 is 0 Å². The molecule has 0 aliphatic carbocycles. The van der Waals surface area contributed by atoms with Crippen molar-refractivity contribution in [3.8, 4) is 5.75 Å². The molecule has 1 heterocycles.